The molecule has 0 saturated heterocycles. The number of aliphatic hydroxyl groups is 1. The average molecular weight is 226 g/mol. The largest absolute Gasteiger partial charge is 0.481 e. The van der Waals surface area contributed by atoms with Gasteiger partial charge in [0.1, 0.15) is 0 Å². The van der Waals surface area contributed by atoms with E-state index in [-0.39, 0.29) is 0 Å². The fourth-order valence-electron chi connectivity index (χ4n) is 3.83. The number of rotatable bonds is 5. The number of aliphatic carboxylic acids is 1. The summed E-state index contributed by atoms with van der Waals surface area (Å²) in [5.41, 5.74) is 0. The van der Waals surface area contributed by atoms with E-state index in [0.29, 0.717) is 18.9 Å². The maximum atomic E-state index is 10.4. The van der Waals surface area contributed by atoms with Crippen molar-refractivity contribution in [1.29, 1.82) is 0 Å². The summed E-state index contributed by atoms with van der Waals surface area (Å²) in [6, 6.07) is 0. The van der Waals surface area contributed by atoms with Crippen molar-refractivity contribution >= 4 is 5.97 Å². The van der Waals surface area contributed by atoms with Crippen molar-refractivity contribution in [3.8, 4) is 0 Å². The first kappa shape index (κ1) is 11.9. The second kappa shape index (κ2) is 5.17. The monoisotopic (exact) mass is 226 g/mol. The third kappa shape index (κ3) is 2.57. The summed E-state index contributed by atoms with van der Waals surface area (Å²) in [6.07, 6.45) is 7.20. The molecule has 0 aromatic heterocycles. The van der Waals surface area contributed by atoms with E-state index < -0.39 is 5.97 Å². The molecule has 0 radical (unpaired) electrons. The fraction of sp³-hybridized carbons (Fsp3) is 0.923. The van der Waals surface area contributed by atoms with E-state index >= 15 is 0 Å². The van der Waals surface area contributed by atoms with Crippen LogP contribution in [0.1, 0.15) is 44.9 Å². The average Bonchev–Trinajstić information content (AvgIpc) is 2.76. The van der Waals surface area contributed by atoms with Crippen LogP contribution in [-0.4, -0.2) is 22.8 Å². The summed E-state index contributed by atoms with van der Waals surface area (Å²) in [6.45, 7) is 0.350. The highest BCUT2D eigenvalue weighted by Gasteiger charge is 2.42. The molecule has 0 heterocycles. The Bertz CT molecular complexity index is 252. The van der Waals surface area contributed by atoms with Crippen molar-refractivity contribution in [2.75, 3.05) is 6.61 Å². The molecule has 3 heteroatoms. The topological polar surface area (TPSA) is 57.5 Å². The van der Waals surface area contributed by atoms with Gasteiger partial charge in [0.15, 0.2) is 0 Å². The lowest BCUT2D eigenvalue weighted by molar-refractivity contribution is -0.137. The van der Waals surface area contributed by atoms with Gasteiger partial charge in [-0.25, -0.2) is 0 Å². The number of fused-ring (bicyclic) bond motifs is 1. The summed E-state index contributed by atoms with van der Waals surface area (Å²) < 4.78 is 0. The van der Waals surface area contributed by atoms with Crippen LogP contribution >= 0.6 is 0 Å². The van der Waals surface area contributed by atoms with E-state index in [1.807, 2.05) is 0 Å². The van der Waals surface area contributed by atoms with Crippen molar-refractivity contribution in [1.82, 2.24) is 0 Å². The number of carbonyl (C=O) groups is 1. The Hall–Kier alpha value is -0.570. The first-order chi connectivity index (χ1) is 7.70. The molecule has 0 aromatic rings. The smallest absolute Gasteiger partial charge is 0.303 e. The number of carboxylic acids is 1. The molecular formula is C13H22O3. The first-order valence-electron chi connectivity index (χ1n) is 6.53. The first-order valence-corrected chi connectivity index (χ1v) is 6.53. The Morgan fingerprint density at radius 2 is 2.06 bits per heavy atom. The van der Waals surface area contributed by atoms with E-state index in [1.165, 1.54) is 25.7 Å². The van der Waals surface area contributed by atoms with Crippen molar-refractivity contribution < 1.29 is 15.0 Å². The lowest BCUT2D eigenvalue weighted by Crippen LogP contribution is -2.13. The molecule has 16 heavy (non-hydrogen) atoms. The summed E-state index contributed by atoms with van der Waals surface area (Å²) in [5, 5.41) is 17.9. The number of aliphatic hydroxyl groups excluding tert-OH is 1. The molecule has 0 spiro atoms. The zero-order chi connectivity index (χ0) is 11.5. The van der Waals surface area contributed by atoms with Gasteiger partial charge in [0, 0.05) is 13.0 Å². The van der Waals surface area contributed by atoms with Gasteiger partial charge in [0.2, 0.25) is 0 Å². The van der Waals surface area contributed by atoms with Crippen LogP contribution in [-0.2, 0) is 4.79 Å². The molecule has 4 atom stereocenters. The highest BCUT2D eigenvalue weighted by atomic mass is 16.4. The molecule has 2 saturated carbocycles. The Kier molecular flexibility index (Phi) is 3.85. The van der Waals surface area contributed by atoms with Crippen molar-refractivity contribution in [3.05, 3.63) is 0 Å². The molecule has 2 N–H and O–H groups in total. The van der Waals surface area contributed by atoms with E-state index in [1.54, 1.807) is 0 Å². The molecule has 2 fully saturated rings. The molecule has 2 aliphatic carbocycles. The molecule has 3 nitrogen and oxygen atoms in total. The minimum Gasteiger partial charge on any atom is -0.481 e. The van der Waals surface area contributed by atoms with Crippen LogP contribution in [0.25, 0.3) is 0 Å². The zero-order valence-corrected chi connectivity index (χ0v) is 9.77. The second-order valence-corrected chi connectivity index (χ2v) is 5.57. The number of hydrogen-bond acceptors (Lipinski definition) is 2. The van der Waals surface area contributed by atoms with E-state index in [0.717, 1.165) is 30.6 Å². The van der Waals surface area contributed by atoms with Crippen LogP contribution in [0.2, 0.25) is 0 Å². The molecule has 0 bridgehead atoms. The molecule has 0 amide bonds. The SMILES string of the molecule is O=C(O)CCCC1C[C@H]2CCC(CO)[C@H]2C1. The fourth-order valence-corrected chi connectivity index (χ4v) is 3.83. The molecular weight excluding hydrogens is 204 g/mol. The van der Waals surface area contributed by atoms with Crippen LogP contribution in [0.3, 0.4) is 0 Å². The predicted molar refractivity (Wildman–Crippen MR) is 61.0 cm³/mol. The Morgan fingerprint density at radius 1 is 1.25 bits per heavy atom. The highest BCUT2D eigenvalue weighted by Crippen LogP contribution is 2.50. The van der Waals surface area contributed by atoms with Crippen LogP contribution < -0.4 is 0 Å². The third-order valence-corrected chi connectivity index (χ3v) is 4.60. The minimum atomic E-state index is -0.675. The number of carboxylic acid groups (broad SMARTS) is 1. The maximum absolute atomic E-state index is 10.4. The van der Waals surface area contributed by atoms with Crippen LogP contribution in [0.5, 0.6) is 0 Å². The van der Waals surface area contributed by atoms with Gasteiger partial charge >= 0.3 is 5.97 Å². The summed E-state index contributed by atoms with van der Waals surface area (Å²) >= 11 is 0. The van der Waals surface area contributed by atoms with Crippen LogP contribution in [0.15, 0.2) is 0 Å². The molecule has 2 unspecified atom stereocenters. The van der Waals surface area contributed by atoms with Gasteiger partial charge in [0.05, 0.1) is 0 Å². The standard InChI is InChI=1S/C13H22O3/c14-8-11-5-4-10-6-9(7-12(10)11)2-1-3-13(15)16/h9-12,14H,1-8H2,(H,15,16)/t9?,10-,11?,12+/m1/s1. The molecule has 0 aliphatic heterocycles. The van der Waals surface area contributed by atoms with Crippen molar-refractivity contribution in [2.45, 2.75) is 44.9 Å². The summed E-state index contributed by atoms with van der Waals surface area (Å²) in [5.74, 6) is 2.15. The van der Waals surface area contributed by atoms with Gasteiger partial charge in [0.25, 0.3) is 0 Å². The second-order valence-electron chi connectivity index (χ2n) is 5.57. The maximum Gasteiger partial charge on any atom is 0.303 e. The number of hydrogen-bond donors (Lipinski definition) is 2. The van der Waals surface area contributed by atoms with E-state index in [9.17, 15) is 9.90 Å². The van der Waals surface area contributed by atoms with Gasteiger partial charge in [-0.15, -0.1) is 0 Å². The normalized spacial score (nSPS) is 37.6. The van der Waals surface area contributed by atoms with Gasteiger partial charge in [-0.1, -0.05) is 0 Å². The third-order valence-electron chi connectivity index (χ3n) is 4.60. The summed E-state index contributed by atoms with van der Waals surface area (Å²) in [4.78, 5) is 10.4. The minimum absolute atomic E-state index is 0.315. The molecule has 2 aliphatic rings. The Morgan fingerprint density at radius 3 is 2.75 bits per heavy atom. The van der Waals surface area contributed by atoms with Gasteiger partial charge in [-0.2, -0.15) is 0 Å². The highest BCUT2D eigenvalue weighted by molar-refractivity contribution is 5.66. The van der Waals surface area contributed by atoms with Crippen molar-refractivity contribution in [2.24, 2.45) is 23.7 Å². The Labute approximate surface area is 96.9 Å². The van der Waals surface area contributed by atoms with Gasteiger partial charge < -0.3 is 10.2 Å². The molecule has 0 aromatic carbocycles. The zero-order valence-electron chi connectivity index (χ0n) is 9.77. The molecule has 2 rings (SSSR count). The van der Waals surface area contributed by atoms with E-state index in [2.05, 4.69) is 0 Å². The van der Waals surface area contributed by atoms with E-state index in [4.69, 9.17) is 5.11 Å². The summed E-state index contributed by atoms with van der Waals surface area (Å²) in [7, 11) is 0. The quantitative estimate of drug-likeness (QED) is 0.756. The van der Waals surface area contributed by atoms with Crippen LogP contribution in [0.4, 0.5) is 0 Å². The Balaban J connectivity index is 1.74. The van der Waals surface area contributed by atoms with Gasteiger partial charge in [-0.05, 0) is 62.2 Å². The lowest BCUT2D eigenvalue weighted by Gasteiger charge is -2.16. The van der Waals surface area contributed by atoms with Gasteiger partial charge in [-0.3, -0.25) is 4.79 Å². The van der Waals surface area contributed by atoms with Crippen molar-refractivity contribution in [3.63, 3.8) is 0 Å². The van der Waals surface area contributed by atoms with Crippen LogP contribution in [0, 0.1) is 23.7 Å². The lowest BCUT2D eigenvalue weighted by atomic mass is 9.91. The predicted octanol–water partition coefficient (Wildman–Crippen LogP) is 2.29. The molecule has 92 valence electrons.